The molecule has 0 aromatic carbocycles. The van der Waals surface area contributed by atoms with Crippen LogP contribution in [0.2, 0.25) is 0 Å². The van der Waals surface area contributed by atoms with Gasteiger partial charge in [0.1, 0.15) is 5.69 Å². The van der Waals surface area contributed by atoms with E-state index in [4.69, 9.17) is 0 Å². The molecule has 0 spiro atoms. The Morgan fingerprint density at radius 2 is 2.21 bits per heavy atom. The average Bonchev–Trinajstić information content (AvgIpc) is 2.94. The lowest BCUT2D eigenvalue weighted by atomic mass is 9.92. The van der Waals surface area contributed by atoms with Gasteiger partial charge in [0, 0.05) is 32.1 Å². The number of nitrogens with one attached hydrogen (secondary N) is 1. The molecule has 5 heteroatoms. The summed E-state index contributed by atoms with van der Waals surface area (Å²) in [5.74, 6) is 0.0548. The summed E-state index contributed by atoms with van der Waals surface area (Å²) in [7, 11) is 3.72. The SMILES string of the molecule is CN(C(=O)c1cc(C(C)(C)C)nn1C)C1CCNC1. The van der Waals surface area contributed by atoms with Gasteiger partial charge in [-0.1, -0.05) is 20.8 Å². The Bertz CT molecular complexity index is 466. The van der Waals surface area contributed by atoms with Gasteiger partial charge in [-0.25, -0.2) is 0 Å². The standard InChI is InChI=1S/C14H24N4O/c1-14(2,3)12-8-11(18(5)16-12)13(19)17(4)10-6-7-15-9-10/h8,10,15H,6-7,9H2,1-5H3. The van der Waals surface area contributed by atoms with Crippen LogP contribution in [0.15, 0.2) is 6.07 Å². The highest BCUT2D eigenvalue weighted by atomic mass is 16.2. The maximum Gasteiger partial charge on any atom is 0.272 e. The number of nitrogens with zero attached hydrogens (tertiary/aromatic N) is 3. The molecular formula is C14H24N4O. The number of aromatic nitrogens is 2. The van der Waals surface area contributed by atoms with Gasteiger partial charge in [-0.3, -0.25) is 9.48 Å². The molecule has 19 heavy (non-hydrogen) atoms. The minimum Gasteiger partial charge on any atom is -0.336 e. The van der Waals surface area contributed by atoms with E-state index in [1.165, 1.54) is 0 Å². The first-order valence-electron chi connectivity index (χ1n) is 6.83. The molecule has 0 aliphatic carbocycles. The smallest absolute Gasteiger partial charge is 0.272 e. The van der Waals surface area contributed by atoms with Gasteiger partial charge in [0.05, 0.1) is 5.69 Å². The van der Waals surface area contributed by atoms with Crippen LogP contribution >= 0.6 is 0 Å². The number of likely N-dealkylation sites (N-methyl/N-ethyl adjacent to an activating group) is 1. The fourth-order valence-corrected chi connectivity index (χ4v) is 2.35. The number of rotatable bonds is 2. The van der Waals surface area contributed by atoms with Gasteiger partial charge in [0.2, 0.25) is 0 Å². The molecule has 2 rings (SSSR count). The normalized spacial score (nSPS) is 19.7. The van der Waals surface area contributed by atoms with Crippen LogP contribution in [0, 0.1) is 0 Å². The topological polar surface area (TPSA) is 50.2 Å². The van der Waals surface area contributed by atoms with E-state index in [0.29, 0.717) is 11.7 Å². The van der Waals surface area contributed by atoms with Crippen molar-refractivity contribution >= 4 is 5.91 Å². The molecule has 1 amide bonds. The summed E-state index contributed by atoms with van der Waals surface area (Å²) >= 11 is 0. The zero-order valence-corrected chi connectivity index (χ0v) is 12.5. The number of carbonyl (C=O) groups excluding carboxylic acids is 1. The Morgan fingerprint density at radius 1 is 1.53 bits per heavy atom. The van der Waals surface area contributed by atoms with E-state index in [2.05, 4.69) is 31.2 Å². The second kappa shape index (κ2) is 4.96. The third-order valence-corrected chi connectivity index (χ3v) is 3.77. The summed E-state index contributed by atoms with van der Waals surface area (Å²) in [5.41, 5.74) is 1.58. The summed E-state index contributed by atoms with van der Waals surface area (Å²) in [6, 6.07) is 2.21. The van der Waals surface area contributed by atoms with Crippen molar-refractivity contribution in [3.05, 3.63) is 17.5 Å². The van der Waals surface area contributed by atoms with Crippen LogP contribution in [0.5, 0.6) is 0 Å². The first kappa shape index (κ1) is 14.1. The lowest BCUT2D eigenvalue weighted by Gasteiger charge is -2.23. The molecule has 1 aromatic rings. The Hall–Kier alpha value is -1.36. The highest BCUT2D eigenvalue weighted by Crippen LogP contribution is 2.22. The fourth-order valence-electron chi connectivity index (χ4n) is 2.35. The molecule has 2 heterocycles. The average molecular weight is 264 g/mol. The van der Waals surface area contributed by atoms with Crippen LogP contribution in [-0.4, -0.2) is 46.8 Å². The highest BCUT2D eigenvalue weighted by molar-refractivity contribution is 5.92. The third kappa shape index (κ3) is 2.81. The zero-order chi connectivity index (χ0) is 14.2. The summed E-state index contributed by atoms with van der Waals surface area (Å²) in [6.07, 6.45) is 1.02. The van der Waals surface area contributed by atoms with Crippen molar-refractivity contribution in [2.75, 3.05) is 20.1 Å². The number of hydrogen-bond acceptors (Lipinski definition) is 3. The third-order valence-electron chi connectivity index (χ3n) is 3.77. The van der Waals surface area contributed by atoms with E-state index in [9.17, 15) is 4.79 Å². The lowest BCUT2D eigenvalue weighted by Crippen LogP contribution is -2.39. The second-order valence-electron chi connectivity index (χ2n) is 6.35. The van der Waals surface area contributed by atoms with E-state index in [0.717, 1.165) is 25.2 Å². The predicted octanol–water partition coefficient (Wildman–Crippen LogP) is 1.15. The van der Waals surface area contributed by atoms with Crippen LogP contribution in [0.25, 0.3) is 0 Å². The highest BCUT2D eigenvalue weighted by Gasteiger charge is 2.27. The summed E-state index contributed by atoms with van der Waals surface area (Å²) in [6.45, 7) is 8.18. The monoisotopic (exact) mass is 264 g/mol. The maximum atomic E-state index is 12.5. The van der Waals surface area contributed by atoms with E-state index in [1.807, 2.05) is 25.1 Å². The fraction of sp³-hybridized carbons (Fsp3) is 0.714. The molecule has 5 nitrogen and oxygen atoms in total. The molecule has 0 radical (unpaired) electrons. The Kier molecular flexibility index (Phi) is 3.67. The predicted molar refractivity (Wildman–Crippen MR) is 75.3 cm³/mol. The van der Waals surface area contributed by atoms with Gasteiger partial charge in [-0.2, -0.15) is 5.10 Å². The molecule has 1 aromatic heterocycles. The molecule has 1 unspecified atom stereocenters. The van der Waals surface area contributed by atoms with E-state index in [1.54, 1.807) is 4.68 Å². The first-order valence-corrected chi connectivity index (χ1v) is 6.83. The number of amides is 1. The quantitative estimate of drug-likeness (QED) is 0.872. The molecule has 0 saturated carbocycles. The summed E-state index contributed by atoms with van der Waals surface area (Å²) in [5, 5.41) is 7.75. The number of aryl methyl sites for hydroxylation is 1. The second-order valence-corrected chi connectivity index (χ2v) is 6.35. The van der Waals surface area contributed by atoms with Crippen LogP contribution in [0.4, 0.5) is 0 Å². The summed E-state index contributed by atoms with van der Waals surface area (Å²) in [4.78, 5) is 14.4. The Labute approximate surface area is 115 Å². The van der Waals surface area contributed by atoms with E-state index >= 15 is 0 Å². The molecule has 1 fully saturated rings. The zero-order valence-electron chi connectivity index (χ0n) is 12.5. The van der Waals surface area contributed by atoms with Crippen LogP contribution in [0.3, 0.4) is 0 Å². The van der Waals surface area contributed by atoms with Gasteiger partial charge in [0.25, 0.3) is 5.91 Å². The van der Waals surface area contributed by atoms with Gasteiger partial charge in [0.15, 0.2) is 0 Å². The Balaban J connectivity index is 2.21. The molecule has 1 aliphatic rings. The first-order chi connectivity index (χ1) is 8.80. The van der Waals surface area contributed by atoms with Crippen molar-refractivity contribution in [3.63, 3.8) is 0 Å². The van der Waals surface area contributed by atoms with Crippen molar-refractivity contribution in [2.24, 2.45) is 7.05 Å². The van der Waals surface area contributed by atoms with Crippen molar-refractivity contribution < 1.29 is 4.79 Å². The lowest BCUT2D eigenvalue weighted by molar-refractivity contribution is 0.0732. The van der Waals surface area contributed by atoms with E-state index in [-0.39, 0.29) is 11.3 Å². The van der Waals surface area contributed by atoms with Crippen LogP contribution in [-0.2, 0) is 12.5 Å². The van der Waals surface area contributed by atoms with E-state index < -0.39 is 0 Å². The molecule has 0 bridgehead atoms. The molecule has 1 saturated heterocycles. The van der Waals surface area contributed by atoms with Crippen LogP contribution < -0.4 is 5.32 Å². The van der Waals surface area contributed by atoms with Crippen molar-refractivity contribution in [1.82, 2.24) is 20.0 Å². The number of hydrogen-bond donors (Lipinski definition) is 1. The minimum atomic E-state index is -0.0379. The van der Waals surface area contributed by atoms with Crippen LogP contribution in [0.1, 0.15) is 43.4 Å². The molecular weight excluding hydrogens is 240 g/mol. The van der Waals surface area contributed by atoms with Gasteiger partial charge in [-0.15, -0.1) is 0 Å². The maximum absolute atomic E-state index is 12.5. The van der Waals surface area contributed by atoms with Crippen molar-refractivity contribution in [1.29, 1.82) is 0 Å². The molecule has 106 valence electrons. The van der Waals surface area contributed by atoms with Gasteiger partial charge in [-0.05, 0) is 19.0 Å². The molecule has 1 aliphatic heterocycles. The molecule has 1 N–H and O–H groups in total. The Morgan fingerprint density at radius 3 is 2.68 bits per heavy atom. The molecule has 1 atom stereocenters. The summed E-state index contributed by atoms with van der Waals surface area (Å²) < 4.78 is 1.70. The van der Waals surface area contributed by atoms with Crippen molar-refractivity contribution in [2.45, 2.75) is 38.6 Å². The van der Waals surface area contributed by atoms with Gasteiger partial charge >= 0.3 is 0 Å². The largest absolute Gasteiger partial charge is 0.336 e. The van der Waals surface area contributed by atoms with Crippen molar-refractivity contribution in [3.8, 4) is 0 Å². The van der Waals surface area contributed by atoms with Gasteiger partial charge < -0.3 is 10.2 Å². The minimum absolute atomic E-state index is 0.0379. The number of carbonyl (C=O) groups is 1.